The van der Waals surface area contributed by atoms with Gasteiger partial charge in [0.1, 0.15) is 0 Å². The maximum absolute atomic E-state index is 13.9. The second-order valence-electron chi connectivity index (χ2n) is 9.43. The Labute approximate surface area is 213 Å². The van der Waals surface area contributed by atoms with Gasteiger partial charge in [-0.25, -0.2) is 14.8 Å². The van der Waals surface area contributed by atoms with Crippen molar-refractivity contribution in [3.63, 3.8) is 0 Å². The molecule has 12 heteroatoms. The number of urea groups is 1. The number of hydrogen-bond donors (Lipinski definition) is 2. The SMILES string of the molecule is CC(C)OC1CN(C(=O)NCc2ccc(-c3ccnc(Nc4cnn(C(C)C)c4)n3)cc2C(F)(F)F)C1. The average molecular weight is 518 g/mol. The van der Waals surface area contributed by atoms with Gasteiger partial charge < -0.3 is 20.3 Å². The number of ether oxygens (including phenoxy) is 1. The van der Waals surface area contributed by atoms with Gasteiger partial charge in [-0.3, -0.25) is 4.68 Å². The summed E-state index contributed by atoms with van der Waals surface area (Å²) in [4.78, 5) is 22.4. The average Bonchev–Trinajstić information content (AvgIpc) is 3.28. The van der Waals surface area contributed by atoms with E-state index in [1.165, 1.54) is 17.2 Å². The van der Waals surface area contributed by atoms with Gasteiger partial charge in [-0.15, -0.1) is 0 Å². The van der Waals surface area contributed by atoms with E-state index in [-0.39, 0.29) is 41.9 Å². The molecule has 2 N–H and O–H groups in total. The van der Waals surface area contributed by atoms with Crippen LogP contribution < -0.4 is 10.6 Å². The Morgan fingerprint density at radius 3 is 2.59 bits per heavy atom. The molecule has 0 radical (unpaired) electrons. The molecule has 2 amide bonds. The Kier molecular flexibility index (Phi) is 7.67. The monoisotopic (exact) mass is 517 g/mol. The maximum atomic E-state index is 13.9. The molecule has 1 saturated heterocycles. The van der Waals surface area contributed by atoms with E-state index in [0.717, 1.165) is 6.07 Å². The zero-order valence-corrected chi connectivity index (χ0v) is 21.1. The van der Waals surface area contributed by atoms with E-state index < -0.39 is 17.8 Å². The van der Waals surface area contributed by atoms with Crippen molar-refractivity contribution in [1.82, 2.24) is 30.0 Å². The van der Waals surface area contributed by atoms with Gasteiger partial charge in [-0.1, -0.05) is 12.1 Å². The van der Waals surface area contributed by atoms with Crippen LogP contribution in [-0.4, -0.2) is 56.0 Å². The smallest absolute Gasteiger partial charge is 0.372 e. The molecule has 37 heavy (non-hydrogen) atoms. The van der Waals surface area contributed by atoms with E-state index in [1.807, 2.05) is 27.7 Å². The summed E-state index contributed by atoms with van der Waals surface area (Å²) in [6, 6.07) is 5.25. The lowest BCUT2D eigenvalue weighted by atomic mass is 10.0. The third-order valence-electron chi connectivity index (χ3n) is 5.78. The van der Waals surface area contributed by atoms with Crippen molar-refractivity contribution in [2.24, 2.45) is 0 Å². The van der Waals surface area contributed by atoms with Crippen molar-refractivity contribution in [3.8, 4) is 11.3 Å². The molecule has 3 heterocycles. The molecule has 3 aromatic rings. The highest BCUT2D eigenvalue weighted by Crippen LogP contribution is 2.35. The number of alkyl halides is 3. The van der Waals surface area contributed by atoms with Crippen LogP contribution in [0.4, 0.5) is 29.6 Å². The number of nitrogens with zero attached hydrogens (tertiary/aromatic N) is 5. The molecule has 1 aliphatic heterocycles. The Morgan fingerprint density at radius 1 is 1.19 bits per heavy atom. The quantitative estimate of drug-likeness (QED) is 0.436. The number of carbonyl (C=O) groups excluding carboxylic acids is 1. The largest absolute Gasteiger partial charge is 0.416 e. The predicted octanol–water partition coefficient (Wildman–Crippen LogP) is 5.00. The summed E-state index contributed by atoms with van der Waals surface area (Å²) >= 11 is 0. The zero-order chi connectivity index (χ0) is 26.7. The first-order chi connectivity index (χ1) is 17.5. The summed E-state index contributed by atoms with van der Waals surface area (Å²) in [6.07, 6.45) is 0.287. The highest BCUT2D eigenvalue weighted by molar-refractivity contribution is 5.75. The van der Waals surface area contributed by atoms with Crippen LogP contribution in [0.3, 0.4) is 0 Å². The van der Waals surface area contributed by atoms with Gasteiger partial charge in [0.15, 0.2) is 0 Å². The number of nitrogens with one attached hydrogen (secondary N) is 2. The van der Waals surface area contributed by atoms with Crippen LogP contribution in [0.25, 0.3) is 11.3 Å². The van der Waals surface area contributed by atoms with Crippen molar-refractivity contribution < 1.29 is 22.7 Å². The van der Waals surface area contributed by atoms with E-state index in [9.17, 15) is 18.0 Å². The molecule has 9 nitrogen and oxygen atoms in total. The van der Waals surface area contributed by atoms with Crippen LogP contribution in [0.5, 0.6) is 0 Å². The highest BCUT2D eigenvalue weighted by Gasteiger charge is 2.35. The minimum absolute atomic E-state index is 0.0337. The van der Waals surface area contributed by atoms with Gasteiger partial charge in [0.25, 0.3) is 0 Å². The Hall–Kier alpha value is -3.67. The molecule has 0 aliphatic carbocycles. The minimum atomic E-state index is -4.61. The van der Waals surface area contributed by atoms with Gasteiger partial charge in [0.05, 0.1) is 48.4 Å². The first kappa shape index (κ1) is 26.4. The molecule has 1 fully saturated rings. The van der Waals surface area contributed by atoms with Crippen LogP contribution in [0.1, 0.15) is 44.9 Å². The molecule has 2 aromatic heterocycles. The second-order valence-corrected chi connectivity index (χ2v) is 9.43. The molecule has 0 atom stereocenters. The lowest BCUT2D eigenvalue weighted by molar-refractivity contribution is -0.138. The topological polar surface area (TPSA) is 97.2 Å². The van der Waals surface area contributed by atoms with Gasteiger partial charge in [-0.2, -0.15) is 18.3 Å². The molecule has 198 valence electrons. The standard InChI is InChI=1S/C25H30F3N7O2/c1-15(2)35-12-19(11-31-35)32-23-29-8-7-22(33-23)17-5-6-18(21(9-17)25(26,27)28)10-30-24(36)34-13-20(14-34)37-16(3)4/h5-9,11-12,15-16,20H,10,13-14H2,1-4H3,(H,30,36)(H,29,32,33). The van der Waals surface area contributed by atoms with Crippen LogP contribution in [0.2, 0.25) is 0 Å². The lowest BCUT2D eigenvalue weighted by Gasteiger charge is -2.39. The van der Waals surface area contributed by atoms with Crippen LogP contribution >= 0.6 is 0 Å². The first-order valence-electron chi connectivity index (χ1n) is 12.0. The lowest BCUT2D eigenvalue weighted by Crippen LogP contribution is -2.58. The van der Waals surface area contributed by atoms with Crippen molar-refractivity contribution in [2.75, 3.05) is 18.4 Å². The van der Waals surface area contributed by atoms with Crippen LogP contribution in [-0.2, 0) is 17.5 Å². The molecular formula is C25H30F3N7O2. The van der Waals surface area contributed by atoms with E-state index in [0.29, 0.717) is 24.5 Å². The summed E-state index contributed by atoms with van der Waals surface area (Å²) in [5.74, 6) is 0.236. The number of hydrogen-bond acceptors (Lipinski definition) is 6. The summed E-state index contributed by atoms with van der Waals surface area (Å²) in [5, 5.41) is 9.84. The molecule has 0 spiro atoms. The highest BCUT2D eigenvalue weighted by atomic mass is 19.4. The van der Waals surface area contributed by atoms with Crippen molar-refractivity contribution >= 4 is 17.7 Å². The number of amides is 2. The van der Waals surface area contributed by atoms with Gasteiger partial charge in [0.2, 0.25) is 5.95 Å². The number of anilines is 2. The second kappa shape index (κ2) is 10.8. The van der Waals surface area contributed by atoms with E-state index in [1.54, 1.807) is 29.2 Å². The number of benzene rings is 1. The molecule has 0 saturated carbocycles. The molecule has 0 bridgehead atoms. The molecule has 4 rings (SSSR count). The van der Waals surface area contributed by atoms with Crippen molar-refractivity contribution in [3.05, 3.63) is 54.0 Å². The number of aromatic nitrogens is 4. The zero-order valence-electron chi connectivity index (χ0n) is 21.1. The minimum Gasteiger partial charge on any atom is -0.372 e. The summed E-state index contributed by atoms with van der Waals surface area (Å²) in [5.41, 5.74) is 0.404. The number of halogens is 3. The van der Waals surface area contributed by atoms with Gasteiger partial charge in [0, 0.05) is 30.5 Å². The van der Waals surface area contributed by atoms with Gasteiger partial charge >= 0.3 is 12.2 Å². The number of carbonyl (C=O) groups is 1. The van der Waals surface area contributed by atoms with Crippen molar-refractivity contribution in [1.29, 1.82) is 0 Å². The van der Waals surface area contributed by atoms with E-state index >= 15 is 0 Å². The third kappa shape index (κ3) is 6.56. The summed E-state index contributed by atoms with van der Waals surface area (Å²) in [6.45, 7) is 8.37. The fourth-order valence-corrected chi connectivity index (χ4v) is 3.91. The maximum Gasteiger partial charge on any atom is 0.416 e. The van der Waals surface area contributed by atoms with E-state index in [2.05, 4.69) is 25.7 Å². The number of likely N-dealkylation sites (tertiary alicyclic amines) is 1. The predicted molar refractivity (Wildman–Crippen MR) is 132 cm³/mol. The van der Waals surface area contributed by atoms with Gasteiger partial charge in [-0.05, 0) is 45.4 Å². The fraction of sp³-hybridized carbons (Fsp3) is 0.440. The summed E-state index contributed by atoms with van der Waals surface area (Å²) < 4.78 is 49.1. The Bertz CT molecular complexity index is 1240. The first-order valence-corrected chi connectivity index (χ1v) is 12.0. The van der Waals surface area contributed by atoms with E-state index in [4.69, 9.17) is 4.74 Å². The third-order valence-corrected chi connectivity index (χ3v) is 5.78. The number of rotatable bonds is 8. The molecule has 1 aromatic carbocycles. The molecule has 0 unspecified atom stereocenters. The van der Waals surface area contributed by atoms with Crippen LogP contribution in [0, 0.1) is 0 Å². The van der Waals surface area contributed by atoms with Crippen LogP contribution in [0.15, 0.2) is 42.9 Å². The molecular weight excluding hydrogens is 487 g/mol. The summed E-state index contributed by atoms with van der Waals surface area (Å²) in [7, 11) is 0. The fourth-order valence-electron chi connectivity index (χ4n) is 3.91. The molecule has 1 aliphatic rings. The van der Waals surface area contributed by atoms with Crippen molar-refractivity contribution in [2.45, 2.75) is 58.7 Å². The Morgan fingerprint density at radius 2 is 1.95 bits per heavy atom. The normalized spacial score (nSPS) is 14.2. The Balaban J connectivity index is 1.46.